The number of nitrogens with zero attached hydrogens (tertiary/aromatic N) is 1. The zero-order chi connectivity index (χ0) is 13.8. The van der Waals surface area contributed by atoms with Crippen LogP contribution in [0.3, 0.4) is 0 Å². The third-order valence-corrected chi connectivity index (χ3v) is 4.14. The highest BCUT2D eigenvalue weighted by Gasteiger charge is 2.23. The number of ether oxygens (including phenoxy) is 1. The Morgan fingerprint density at radius 2 is 2.26 bits per heavy atom. The van der Waals surface area contributed by atoms with Crippen molar-refractivity contribution >= 4 is 0 Å². The number of hydrogen-bond donors (Lipinski definition) is 2. The SMILES string of the molecule is COc1cc(C(C)N(C)C2CCCNC2)ccc1O. The Labute approximate surface area is 115 Å². The molecule has 2 unspecified atom stereocenters. The summed E-state index contributed by atoms with van der Waals surface area (Å²) in [5.74, 6) is 0.736. The van der Waals surface area contributed by atoms with Crippen molar-refractivity contribution in [2.75, 3.05) is 27.2 Å². The largest absolute Gasteiger partial charge is 0.504 e. The molecule has 1 heterocycles. The van der Waals surface area contributed by atoms with Gasteiger partial charge in [0.1, 0.15) is 0 Å². The summed E-state index contributed by atoms with van der Waals surface area (Å²) in [6.45, 7) is 4.38. The number of likely N-dealkylation sites (N-methyl/N-ethyl adjacent to an activating group) is 1. The molecule has 0 amide bonds. The molecule has 1 aliphatic rings. The normalized spacial score (nSPS) is 21.4. The van der Waals surface area contributed by atoms with Gasteiger partial charge in [-0.1, -0.05) is 6.07 Å². The summed E-state index contributed by atoms with van der Waals surface area (Å²) >= 11 is 0. The molecule has 0 saturated carbocycles. The van der Waals surface area contributed by atoms with E-state index in [-0.39, 0.29) is 5.75 Å². The van der Waals surface area contributed by atoms with Crippen LogP contribution in [0.15, 0.2) is 18.2 Å². The molecule has 0 aromatic heterocycles. The van der Waals surface area contributed by atoms with Crippen LogP contribution in [0.2, 0.25) is 0 Å². The Morgan fingerprint density at radius 3 is 2.89 bits per heavy atom. The average Bonchev–Trinajstić information content (AvgIpc) is 2.47. The topological polar surface area (TPSA) is 44.7 Å². The van der Waals surface area contributed by atoms with Crippen LogP contribution in [0.1, 0.15) is 31.4 Å². The third-order valence-electron chi connectivity index (χ3n) is 4.14. The molecule has 4 heteroatoms. The first-order valence-electron chi connectivity index (χ1n) is 6.93. The maximum atomic E-state index is 9.66. The maximum Gasteiger partial charge on any atom is 0.160 e. The lowest BCUT2D eigenvalue weighted by Crippen LogP contribution is -2.45. The van der Waals surface area contributed by atoms with E-state index in [0.717, 1.165) is 13.1 Å². The van der Waals surface area contributed by atoms with Crippen LogP contribution in [-0.2, 0) is 0 Å². The highest BCUT2D eigenvalue weighted by atomic mass is 16.5. The molecule has 2 N–H and O–H groups in total. The second kappa shape index (κ2) is 6.26. The van der Waals surface area contributed by atoms with Crippen molar-refractivity contribution in [1.29, 1.82) is 0 Å². The number of phenolic OH excluding ortho intramolecular Hbond substituents is 1. The highest BCUT2D eigenvalue weighted by Crippen LogP contribution is 2.31. The Kier molecular flexibility index (Phi) is 4.66. The minimum atomic E-state index is 0.195. The first-order valence-corrected chi connectivity index (χ1v) is 6.93. The zero-order valence-electron chi connectivity index (χ0n) is 12.0. The van der Waals surface area contributed by atoms with E-state index in [1.807, 2.05) is 12.1 Å². The molecule has 1 aromatic carbocycles. The molecule has 1 aliphatic heterocycles. The fraction of sp³-hybridized carbons (Fsp3) is 0.600. The first-order chi connectivity index (χ1) is 9.13. The molecule has 1 aromatic rings. The number of hydrogen-bond acceptors (Lipinski definition) is 4. The van der Waals surface area contributed by atoms with Crippen LogP contribution < -0.4 is 10.1 Å². The van der Waals surface area contributed by atoms with Crippen molar-refractivity contribution in [1.82, 2.24) is 10.2 Å². The predicted octanol–water partition coefficient (Wildman–Crippen LogP) is 2.15. The van der Waals surface area contributed by atoms with Gasteiger partial charge in [-0.15, -0.1) is 0 Å². The van der Waals surface area contributed by atoms with E-state index in [1.54, 1.807) is 13.2 Å². The number of nitrogens with one attached hydrogen (secondary N) is 1. The minimum Gasteiger partial charge on any atom is -0.504 e. The van der Waals surface area contributed by atoms with Crippen molar-refractivity contribution in [3.8, 4) is 11.5 Å². The van der Waals surface area contributed by atoms with Gasteiger partial charge >= 0.3 is 0 Å². The van der Waals surface area contributed by atoms with Gasteiger partial charge in [-0.2, -0.15) is 0 Å². The van der Waals surface area contributed by atoms with Crippen molar-refractivity contribution < 1.29 is 9.84 Å². The standard InChI is InChI=1S/C15H24N2O2/c1-11(17(2)13-5-4-8-16-10-13)12-6-7-14(18)15(9-12)19-3/h6-7,9,11,13,16,18H,4-5,8,10H2,1-3H3. The summed E-state index contributed by atoms with van der Waals surface area (Å²) in [6, 6.07) is 6.47. The average molecular weight is 264 g/mol. The number of aromatic hydroxyl groups is 1. The van der Waals surface area contributed by atoms with E-state index in [2.05, 4.69) is 24.2 Å². The number of rotatable bonds is 4. The first kappa shape index (κ1) is 14.2. The second-order valence-corrected chi connectivity index (χ2v) is 5.27. The summed E-state index contributed by atoms with van der Waals surface area (Å²) in [6.07, 6.45) is 2.48. The van der Waals surface area contributed by atoms with Crippen molar-refractivity contribution in [3.05, 3.63) is 23.8 Å². The van der Waals surface area contributed by atoms with Crippen molar-refractivity contribution in [2.24, 2.45) is 0 Å². The van der Waals surface area contributed by atoms with E-state index in [0.29, 0.717) is 17.8 Å². The van der Waals surface area contributed by atoms with Gasteiger partial charge < -0.3 is 15.2 Å². The van der Waals surface area contributed by atoms with Gasteiger partial charge in [0.05, 0.1) is 7.11 Å². The molecule has 106 valence electrons. The van der Waals surface area contributed by atoms with Crippen molar-refractivity contribution in [3.63, 3.8) is 0 Å². The second-order valence-electron chi connectivity index (χ2n) is 5.27. The van der Waals surface area contributed by atoms with E-state index >= 15 is 0 Å². The van der Waals surface area contributed by atoms with Gasteiger partial charge in [0.15, 0.2) is 11.5 Å². The molecule has 0 aliphatic carbocycles. The van der Waals surface area contributed by atoms with Crippen LogP contribution in [0, 0.1) is 0 Å². The van der Waals surface area contributed by atoms with Gasteiger partial charge in [-0.3, -0.25) is 4.90 Å². The minimum absolute atomic E-state index is 0.195. The molecule has 0 spiro atoms. The number of piperidine rings is 1. The van der Waals surface area contributed by atoms with Gasteiger partial charge in [-0.05, 0) is 51.1 Å². The molecule has 1 fully saturated rings. The summed E-state index contributed by atoms with van der Waals surface area (Å²) in [5.41, 5.74) is 1.17. The van der Waals surface area contributed by atoms with E-state index in [4.69, 9.17) is 4.74 Å². The Bertz CT molecular complexity index is 417. The Hall–Kier alpha value is -1.26. The van der Waals surface area contributed by atoms with Crippen LogP contribution in [0.5, 0.6) is 11.5 Å². The highest BCUT2D eigenvalue weighted by molar-refractivity contribution is 5.42. The molecular formula is C15H24N2O2. The zero-order valence-corrected chi connectivity index (χ0v) is 12.0. The van der Waals surface area contributed by atoms with Crippen molar-refractivity contribution in [2.45, 2.75) is 31.8 Å². The number of benzene rings is 1. The Balaban J connectivity index is 2.11. The lowest BCUT2D eigenvalue weighted by molar-refractivity contribution is 0.156. The Morgan fingerprint density at radius 1 is 1.47 bits per heavy atom. The quantitative estimate of drug-likeness (QED) is 0.874. The van der Waals surface area contributed by atoms with E-state index < -0.39 is 0 Å². The van der Waals surface area contributed by atoms with Gasteiger partial charge in [-0.25, -0.2) is 0 Å². The van der Waals surface area contributed by atoms with Gasteiger partial charge in [0, 0.05) is 18.6 Å². The fourth-order valence-electron chi connectivity index (χ4n) is 2.69. The summed E-state index contributed by atoms with van der Waals surface area (Å²) in [5, 5.41) is 13.1. The van der Waals surface area contributed by atoms with Crippen LogP contribution in [0.25, 0.3) is 0 Å². The molecule has 2 rings (SSSR count). The smallest absolute Gasteiger partial charge is 0.160 e. The molecule has 4 nitrogen and oxygen atoms in total. The monoisotopic (exact) mass is 264 g/mol. The van der Waals surface area contributed by atoms with Crippen LogP contribution >= 0.6 is 0 Å². The van der Waals surface area contributed by atoms with Gasteiger partial charge in [0.2, 0.25) is 0 Å². The molecular weight excluding hydrogens is 240 g/mol. The summed E-state index contributed by atoms with van der Waals surface area (Å²) in [4.78, 5) is 2.40. The van der Waals surface area contributed by atoms with Crippen LogP contribution in [0.4, 0.5) is 0 Å². The molecule has 19 heavy (non-hydrogen) atoms. The molecule has 1 saturated heterocycles. The number of phenols is 1. The summed E-state index contributed by atoms with van der Waals surface area (Å²) < 4.78 is 5.18. The third kappa shape index (κ3) is 3.19. The van der Waals surface area contributed by atoms with Crippen LogP contribution in [-0.4, -0.2) is 43.3 Å². The number of methoxy groups -OCH3 is 1. The molecule has 2 atom stereocenters. The fourth-order valence-corrected chi connectivity index (χ4v) is 2.69. The predicted molar refractivity (Wildman–Crippen MR) is 76.7 cm³/mol. The summed E-state index contributed by atoms with van der Waals surface area (Å²) in [7, 11) is 3.75. The lowest BCUT2D eigenvalue weighted by Gasteiger charge is -2.36. The molecule has 0 bridgehead atoms. The van der Waals surface area contributed by atoms with E-state index in [9.17, 15) is 5.11 Å². The molecule has 0 radical (unpaired) electrons. The lowest BCUT2D eigenvalue weighted by atomic mass is 10.0. The van der Waals surface area contributed by atoms with Gasteiger partial charge in [0.25, 0.3) is 0 Å². The van der Waals surface area contributed by atoms with E-state index in [1.165, 1.54) is 18.4 Å². The maximum absolute atomic E-state index is 9.66.